The summed E-state index contributed by atoms with van der Waals surface area (Å²) in [5.74, 6) is -0.332. The van der Waals surface area contributed by atoms with Gasteiger partial charge in [0.25, 0.3) is 0 Å². The number of hydrogen-bond donors (Lipinski definition) is 4. The molecule has 1 rings (SSSR count). The van der Waals surface area contributed by atoms with Crippen molar-refractivity contribution in [2.24, 2.45) is 5.73 Å². The Bertz CT molecular complexity index is 220. The van der Waals surface area contributed by atoms with Crippen molar-refractivity contribution in [3.63, 3.8) is 0 Å². The van der Waals surface area contributed by atoms with Crippen molar-refractivity contribution in [2.45, 2.75) is 37.4 Å². The van der Waals surface area contributed by atoms with Gasteiger partial charge in [-0.1, -0.05) is 0 Å². The molecular weight excluding hydrogens is 190 g/mol. The van der Waals surface area contributed by atoms with Crippen LogP contribution in [0.4, 0.5) is 0 Å². The molecule has 5 unspecified atom stereocenters. The minimum Gasteiger partial charge on any atom is -0.394 e. The van der Waals surface area contributed by atoms with Crippen molar-refractivity contribution < 1.29 is 24.9 Å². The third-order valence-corrected chi connectivity index (χ3v) is 2.38. The summed E-state index contributed by atoms with van der Waals surface area (Å²) in [6.45, 7) is 0.818. The number of rotatable bonds is 2. The highest BCUT2D eigenvalue weighted by Crippen LogP contribution is 2.20. The van der Waals surface area contributed by atoms with E-state index in [0.717, 1.165) is 0 Å². The van der Waals surface area contributed by atoms with E-state index in [0.29, 0.717) is 0 Å². The SMILES string of the molecule is CC(=O)C1OC(CO)C(O)C(O)C1N. The molecule has 0 saturated carbocycles. The van der Waals surface area contributed by atoms with E-state index >= 15 is 0 Å². The van der Waals surface area contributed by atoms with Crippen LogP contribution in [0.1, 0.15) is 6.92 Å². The van der Waals surface area contributed by atoms with Crippen LogP contribution in [0.5, 0.6) is 0 Å². The first-order valence-corrected chi connectivity index (χ1v) is 4.37. The van der Waals surface area contributed by atoms with Gasteiger partial charge in [-0.15, -0.1) is 0 Å². The van der Waals surface area contributed by atoms with Crippen molar-refractivity contribution in [1.29, 1.82) is 0 Å². The highest BCUT2D eigenvalue weighted by atomic mass is 16.5. The molecule has 6 nitrogen and oxygen atoms in total. The zero-order chi connectivity index (χ0) is 10.9. The summed E-state index contributed by atoms with van der Waals surface area (Å²) in [6, 6.07) is -0.953. The van der Waals surface area contributed by atoms with Crippen LogP contribution in [0.3, 0.4) is 0 Å². The lowest BCUT2D eigenvalue weighted by Crippen LogP contribution is -2.63. The molecule has 0 aromatic heterocycles. The molecule has 0 radical (unpaired) electrons. The number of aliphatic hydroxyl groups excluding tert-OH is 3. The molecule has 82 valence electrons. The van der Waals surface area contributed by atoms with Gasteiger partial charge in [0.2, 0.25) is 0 Å². The highest BCUT2D eigenvalue weighted by Gasteiger charge is 2.43. The maximum Gasteiger partial charge on any atom is 0.160 e. The van der Waals surface area contributed by atoms with Gasteiger partial charge in [0.05, 0.1) is 12.6 Å². The highest BCUT2D eigenvalue weighted by molar-refractivity contribution is 5.81. The fourth-order valence-corrected chi connectivity index (χ4v) is 1.50. The minimum absolute atomic E-state index is 0.332. The molecule has 5 N–H and O–H groups in total. The fourth-order valence-electron chi connectivity index (χ4n) is 1.50. The predicted molar refractivity (Wildman–Crippen MR) is 46.4 cm³/mol. The van der Waals surface area contributed by atoms with Crippen LogP contribution in [-0.2, 0) is 9.53 Å². The fraction of sp³-hybridized carbons (Fsp3) is 0.875. The Kier molecular flexibility index (Phi) is 3.57. The minimum atomic E-state index is -1.26. The van der Waals surface area contributed by atoms with Crippen molar-refractivity contribution in [2.75, 3.05) is 6.61 Å². The maximum absolute atomic E-state index is 11.0. The summed E-state index contributed by atoms with van der Waals surface area (Å²) in [5, 5.41) is 27.6. The van der Waals surface area contributed by atoms with Gasteiger partial charge in [0.1, 0.15) is 24.4 Å². The van der Waals surface area contributed by atoms with Gasteiger partial charge in [-0.25, -0.2) is 0 Å². The van der Waals surface area contributed by atoms with E-state index in [9.17, 15) is 15.0 Å². The van der Waals surface area contributed by atoms with Crippen LogP contribution in [0.2, 0.25) is 0 Å². The molecule has 0 bridgehead atoms. The first-order chi connectivity index (χ1) is 6.49. The third-order valence-electron chi connectivity index (χ3n) is 2.38. The van der Waals surface area contributed by atoms with Gasteiger partial charge in [0, 0.05) is 0 Å². The smallest absolute Gasteiger partial charge is 0.160 e. The Morgan fingerprint density at radius 2 is 2.00 bits per heavy atom. The molecule has 0 aliphatic carbocycles. The summed E-state index contributed by atoms with van der Waals surface area (Å²) >= 11 is 0. The van der Waals surface area contributed by atoms with Gasteiger partial charge in [-0.2, -0.15) is 0 Å². The Balaban J connectivity index is 2.78. The second-order valence-electron chi connectivity index (χ2n) is 3.45. The molecule has 0 aromatic carbocycles. The average Bonchev–Trinajstić information content (AvgIpc) is 2.14. The molecule has 0 amide bonds. The average molecular weight is 205 g/mol. The number of aliphatic hydroxyl groups is 3. The quantitative estimate of drug-likeness (QED) is 0.392. The molecular formula is C8H15NO5. The van der Waals surface area contributed by atoms with Crippen LogP contribution in [0.15, 0.2) is 0 Å². The Labute approximate surface area is 81.3 Å². The van der Waals surface area contributed by atoms with Crippen molar-refractivity contribution in [1.82, 2.24) is 0 Å². The summed E-state index contributed by atoms with van der Waals surface area (Å²) in [6.07, 6.45) is -4.44. The first kappa shape index (κ1) is 11.5. The predicted octanol–water partition coefficient (Wildman–Crippen LogP) is -2.62. The lowest BCUT2D eigenvalue weighted by Gasteiger charge is -2.39. The van der Waals surface area contributed by atoms with Gasteiger partial charge >= 0.3 is 0 Å². The monoisotopic (exact) mass is 205 g/mol. The zero-order valence-electron chi connectivity index (χ0n) is 7.83. The molecule has 1 aliphatic heterocycles. The van der Waals surface area contributed by atoms with Crippen LogP contribution in [0.25, 0.3) is 0 Å². The molecule has 5 atom stereocenters. The summed E-state index contributed by atoms with van der Waals surface area (Å²) in [7, 11) is 0. The number of carbonyl (C=O) groups excluding carboxylic acids is 1. The third kappa shape index (κ3) is 1.94. The van der Waals surface area contributed by atoms with Crippen LogP contribution < -0.4 is 5.73 Å². The van der Waals surface area contributed by atoms with E-state index in [2.05, 4.69) is 0 Å². The Morgan fingerprint density at radius 3 is 2.43 bits per heavy atom. The molecule has 6 heteroatoms. The van der Waals surface area contributed by atoms with E-state index in [1.165, 1.54) is 6.92 Å². The topological polar surface area (TPSA) is 113 Å². The molecule has 14 heavy (non-hydrogen) atoms. The Hall–Kier alpha value is -0.530. The van der Waals surface area contributed by atoms with Crippen LogP contribution in [0, 0.1) is 0 Å². The van der Waals surface area contributed by atoms with E-state index < -0.39 is 37.1 Å². The second kappa shape index (κ2) is 4.33. The second-order valence-corrected chi connectivity index (χ2v) is 3.45. The maximum atomic E-state index is 11.0. The van der Waals surface area contributed by atoms with Crippen molar-refractivity contribution >= 4 is 5.78 Å². The largest absolute Gasteiger partial charge is 0.394 e. The van der Waals surface area contributed by atoms with Gasteiger partial charge in [0.15, 0.2) is 5.78 Å². The van der Waals surface area contributed by atoms with Gasteiger partial charge in [-0.05, 0) is 6.92 Å². The lowest BCUT2D eigenvalue weighted by atomic mass is 9.92. The zero-order valence-corrected chi connectivity index (χ0v) is 7.83. The van der Waals surface area contributed by atoms with E-state index in [4.69, 9.17) is 15.6 Å². The molecule has 1 fully saturated rings. The van der Waals surface area contributed by atoms with Gasteiger partial charge < -0.3 is 25.8 Å². The summed E-state index contributed by atoms with van der Waals surface area (Å²) < 4.78 is 5.06. The van der Waals surface area contributed by atoms with Crippen molar-refractivity contribution in [3.05, 3.63) is 0 Å². The van der Waals surface area contributed by atoms with E-state index in [1.807, 2.05) is 0 Å². The normalized spacial score (nSPS) is 43.6. The molecule has 1 aliphatic rings. The molecule has 1 heterocycles. The number of ether oxygens (including phenoxy) is 1. The Morgan fingerprint density at radius 1 is 1.43 bits per heavy atom. The summed E-state index contributed by atoms with van der Waals surface area (Å²) in [4.78, 5) is 11.0. The number of Topliss-reactive ketones (excluding diaryl/α,β-unsaturated/α-hetero) is 1. The number of nitrogens with two attached hydrogens (primary N) is 1. The number of ketones is 1. The van der Waals surface area contributed by atoms with Gasteiger partial charge in [-0.3, -0.25) is 4.79 Å². The number of hydrogen-bond acceptors (Lipinski definition) is 6. The molecule has 0 spiro atoms. The van der Waals surface area contributed by atoms with Crippen molar-refractivity contribution in [3.8, 4) is 0 Å². The number of carbonyl (C=O) groups is 1. The molecule has 1 saturated heterocycles. The van der Waals surface area contributed by atoms with E-state index in [1.54, 1.807) is 0 Å². The van der Waals surface area contributed by atoms with Crippen LogP contribution in [-0.4, -0.2) is 58.2 Å². The molecule has 0 aromatic rings. The lowest BCUT2D eigenvalue weighted by molar-refractivity contribution is -0.191. The van der Waals surface area contributed by atoms with E-state index in [-0.39, 0.29) is 5.78 Å². The van der Waals surface area contributed by atoms with Crippen LogP contribution >= 0.6 is 0 Å². The summed E-state index contributed by atoms with van der Waals surface area (Å²) in [5.41, 5.74) is 5.49. The first-order valence-electron chi connectivity index (χ1n) is 4.37. The standard InChI is InChI=1S/C8H15NO5/c1-3(11)8-5(9)7(13)6(12)4(2-10)14-8/h4-8,10,12-13H,2,9H2,1H3.